The molecule has 1 aliphatic carbocycles. The molecule has 4 heterocycles. The molecule has 280 valence electrons. The molecule has 1 atom stereocenters. The van der Waals surface area contributed by atoms with Gasteiger partial charge in [0.05, 0.1) is 5.56 Å². The minimum atomic E-state index is -3.07. The highest BCUT2D eigenvalue weighted by molar-refractivity contribution is 5.86. The van der Waals surface area contributed by atoms with Gasteiger partial charge in [0.15, 0.2) is 11.2 Å². The summed E-state index contributed by atoms with van der Waals surface area (Å²) in [5.41, 5.74) is 9.58. The van der Waals surface area contributed by atoms with E-state index in [1.165, 1.54) is 25.3 Å². The SMILES string of the molecule is Cc1c(-c2nc3cc(CN4CCC[C@H]4C(=O)O)c(OC(F)F)cc3o2)cccc1-c1cccc(-c2nc3cc(CN4CC5(CCC5)C4)cc(C#N)c3o2)c1C. The number of hydrogen-bond donors (Lipinski definition) is 1. The molecule has 0 radical (unpaired) electrons. The van der Waals surface area contributed by atoms with Gasteiger partial charge in [0, 0.05) is 48.9 Å². The number of benzene rings is 4. The van der Waals surface area contributed by atoms with Crippen molar-refractivity contribution in [1.82, 2.24) is 19.8 Å². The Bertz CT molecular complexity index is 2520. The largest absolute Gasteiger partial charge is 0.480 e. The summed E-state index contributed by atoms with van der Waals surface area (Å²) in [6.07, 6.45) is 5.16. The first-order chi connectivity index (χ1) is 26.6. The number of likely N-dealkylation sites (tertiary alicyclic amines) is 2. The molecule has 3 fully saturated rings. The Morgan fingerprint density at radius 2 is 1.62 bits per heavy atom. The molecule has 3 aliphatic rings. The lowest BCUT2D eigenvalue weighted by atomic mass is 9.63. The van der Waals surface area contributed by atoms with Gasteiger partial charge in [0.1, 0.15) is 28.9 Å². The number of carboxylic acids is 1. The molecule has 1 spiro atoms. The Morgan fingerprint density at radius 3 is 2.25 bits per heavy atom. The molecule has 2 aliphatic heterocycles. The highest BCUT2D eigenvalue weighted by Crippen LogP contribution is 2.48. The average molecular weight is 744 g/mol. The first-order valence-corrected chi connectivity index (χ1v) is 18.7. The topological polar surface area (TPSA) is 129 Å². The highest BCUT2D eigenvalue weighted by Gasteiger charge is 2.46. The quantitative estimate of drug-likeness (QED) is 0.145. The van der Waals surface area contributed by atoms with Gasteiger partial charge in [-0.15, -0.1) is 0 Å². The van der Waals surface area contributed by atoms with E-state index >= 15 is 0 Å². The van der Waals surface area contributed by atoms with Gasteiger partial charge in [-0.2, -0.15) is 14.0 Å². The van der Waals surface area contributed by atoms with Crippen LogP contribution in [-0.4, -0.2) is 63.1 Å². The summed E-state index contributed by atoms with van der Waals surface area (Å²) >= 11 is 0. The Hall–Kier alpha value is -5.64. The molecule has 9 rings (SSSR count). The molecule has 0 bridgehead atoms. The van der Waals surface area contributed by atoms with Crippen LogP contribution in [0.15, 0.2) is 69.5 Å². The zero-order valence-electron chi connectivity index (χ0n) is 30.6. The lowest BCUT2D eigenvalue weighted by Gasteiger charge is -2.56. The second-order valence-electron chi connectivity index (χ2n) is 15.4. The maximum Gasteiger partial charge on any atom is 0.387 e. The standard InChI is InChI=1S/C43H39F2N5O5/c1-24-29(7-3-9-31(24)39-47-33-17-28(21-50-14-5-11-35(50)41(51)52)36(54-42(44)45)18-37(33)53-39)30-8-4-10-32(25(30)2)40-48-34-16-26(15-27(19-46)38(34)55-40)20-49-22-43(23-49)12-6-13-43/h3-4,7-10,15-18,35,42H,5-6,11-14,20-23H2,1-2H3,(H,51,52)/t35-/m0/s1. The number of hydrogen-bond acceptors (Lipinski definition) is 9. The van der Waals surface area contributed by atoms with Crippen molar-refractivity contribution in [1.29, 1.82) is 5.26 Å². The van der Waals surface area contributed by atoms with Gasteiger partial charge < -0.3 is 18.7 Å². The van der Waals surface area contributed by atoms with E-state index in [4.69, 9.17) is 23.5 Å². The number of nitriles is 1. The highest BCUT2D eigenvalue weighted by atomic mass is 19.3. The number of carboxylic acid groups (broad SMARTS) is 1. The van der Waals surface area contributed by atoms with Gasteiger partial charge in [-0.05, 0) is 110 Å². The molecular weight excluding hydrogens is 704 g/mol. The van der Waals surface area contributed by atoms with Crippen LogP contribution in [0.4, 0.5) is 8.78 Å². The van der Waals surface area contributed by atoms with E-state index in [0.717, 1.165) is 58.6 Å². The molecule has 55 heavy (non-hydrogen) atoms. The molecule has 0 amide bonds. The number of nitrogens with zero attached hydrogens (tertiary/aromatic N) is 5. The van der Waals surface area contributed by atoms with Gasteiger partial charge in [0.25, 0.3) is 0 Å². The number of aliphatic carboxylic acids is 1. The predicted octanol–water partition coefficient (Wildman–Crippen LogP) is 9.09. The van der Waals surface area contributed by atoms with E-state index in [1.54, 1.807) is 11.0 Å². The van der Waals surface area contributed by atoms with Crippen LogP contribution in [0.5, 0.6) is 5.75 Å². The zero-order chi connectivity index (χ0) is 38.0. The Kier molecular flexibility index (Phi) is 8.67. The lowest BCUT2D eigenvalue weighted by molar-refractivity contribution is -0.142. The van der Waals surface area contributed by atoms with Crippen molar-refractivity contribution in [3.63, 3.8) is 0 Å². The van der Waals surface area contributed by atoms with Crippen LogP contribution in [0, 0.1) is 30.6 Å². The van der Waals surface area contributed by atoms with E-state index in [2.05, 4.69) is 11.0 Å². The van der Waals surface area contributed by atoms with Crippen LogP contribution in [0.3, 0.4) is 0 Å². The Balaban J connectivity index is 1.03. The smallest absolute Gasteiger partial charge is 0.387 e. The summed E-state index contributed by atoms with van der Waals surface area (Å²) < 4.78 is 44.4. The van der Waals surface area contributed by atoms with Gasteiger partial charge in [-0.3, -0.25) is 14.6 Å². The Labute approximate surface area is 315 Å². The number of fused-ring (bicyclic) bond motifs is 2. The second kappa shape index (κ2) is 13.6. The van der Waals surface area contributed by atoms with Crippen LogP contribution in [-0.2, 0) is 17.9 Å². The van der Waals surface area contributed by atoms with Crippen LogP contribution < -0.4 is 4.74 Å². The van der Waals surface area contributed by atoms with E-state index < -0.39 is 18.6 Å². The molecule has 12 heteroatoms. The van der Waals surface area contributed by atoms with E-state index in [0.29, 0.717) is 64.3 Å². The van der Waals surface area contributed by atoms with Crippen LogP contribution in [0.25, 0.3) is 56.2 Å². The first-order valence-electron chi connectivity index (χ1n) is 18.7. The third-order valence-corrected chi connectivity index (χ3v) is 11.8. The van der Waals surface area contributed by atoms with Crippen molar-refractivity contribution in [2.24, 2.45) is 5.41 Å². The summed E-state index contributed by atoms with van der Waals surface area (Å²) in [6.45, 7) is 4.60. The third-order valence-electron chi connectivity index (χ3n) is 11.8. The number of aromatic nitrogens is 2. The molecule has 1 N–H and O–H groups in total. The molecular formula is C43H39F2N5O5. The van der Waals surface area contributed by atoms with Crippen molar-refractivity contribution >= 4 is 28.2 Å². The number of rotatable bonds is 10. The lowest BCUT2D eigenvalue weighted by Crippen LogP contribution is -2.58. The van der Waals surface area contributed by atoms with E-state index in [-0.39, 0.29) is 17.9 Å². The maximum absolute atomic E-state index is 13.5. The molecule has 2 saturated heterocycles. The van der Waals surface area contributed by atoms with Gasteiger partial charge in [-0.1, -0.05) is 30.7 Å². The number of oxazole rings is 2. The summed E-state index contributed by atoms with van der Waals surface area (Å²) in [7, 11) is 0. The fourth-order valence-corrected chi connectivity index (χ4v) is 8.92. The Morgan fingerprint density at radius 1 is 0.945 bits per heavy atom. The summed E-state index contributed by atoms with van der Waals surface area (Å²) in [4.78, 5) is 25.7. The fourth-order valence-electron chi connectivity index (χ4n) is 8.92. The summed E-state index contributed by atoms with van der Waals surface area (Å²) in [6, 6.07) is 20.4. The predicted molar refractivity (Wildman–Crippen MR) is 201 cm³/mol. The zero-order valence-corrected chi connectivity index (χ0v) is 30.6. The maximum atomic E-state index is 13.5. The van der Waals surface area contributed by atoms with Crippen molar-refractivity contribution in [2.45, 2.75) is 71.7 Å². The van der Waals surface area contributed by atoms with Crippen LogP contribution in [0.1, 0.15) is 59.9 Å². The number of alkyl halides is 2. The minimum Gasteiger partial charge on any atom is -0.480 e. The van der Waals surface area contributed by atoms with Crippen LogP contribution >= 0.6 is 0 Å². The first kappa shape index (κ1) is 35.1. The van der Waals surface area contributed by atoms with Crippen molar-refractivity contribution in [3.8, 4) is 45.9 Å². The van der Waals surface area contributed by atoms with Gasteiger partial charge in [-0.25, -0.2) is 9.97 Å². The normalized spacial score (nSPS) is 18.2. The van der Waals surface area contributed by atoms with Crippen LogP contribution in [0.2, 0.25) is 0 Å². The van der Waals surface area contributed by atoms with Crippen molar-refractivity contribution in [3.05, 3.63) is 88.5 Å². The molecule has 2 aromatic heterocycles. The molecule has 1 saturated carbocycles. The minimum absolute atomic E-state index is 0.0746. The summed E-state index contributed by atoms with van der Waals surface area (Å²) in [5.74, 6) is -0.263. The average Bonchev–Trinajstić information content (AvgIpc) is 3.87. The van der Waals surface area contributed by atoms with Gasteiger partial charge >= 0.3 is 12.6 Å². The number of ether oxygens (including phenoxy) is 1. The fraction of sp³-hybridized carbons (Fsp3) is 0.349. The molecule has 0 unspecified atom stereocenters. The molecule has 6 aromatic rings. The van der Waals surface area contributed by atoms with Gasteiger partial charge in [0.2, 0.25) is 11.8 Å². The van der Waals surface area contributed by atoms with Crippen molar-refractivity contribution < 1.29 is 32.3 Å². The second-order valence-corrected chi connectivity index (χ2v) is 15.4. The number of halogens is 2. The van der Waals surface area contributed by atoms with Crippen molar-refractivity contribution in [2.75, 3.05) is 19.6 Å². The van der Waals surface area contributed by atoms with E-state index in [9.17, 15) is 23.9 Å². The molecule has 10 nitrogen and oxygen atoms in total. The summed E-state index contributed by atoms with van der Waals surface area (Å²) in [5, 5.41) is 19.7. The number of carbonyl (C=O) groups is 1. The third kappa shape index (κ3) is 6.31. The molecule has 4 aromatic carbocycles. The van der Waals surface area contributed by atoms with E-state index in [1.807, 2.05) is 62.4 Å². The monoisotopic (exact) mass is 743 g/mol.